The number of anilines is 1. The van der Waals surface area contributed by atoms with Crippen LogP contribution in [0.1, 0.15) is 21.5 Å². The Kier molecular flexibility index (Phi) is 6.45. The second kappa shape index (κ2) is 9.06. The first-order valence-electron chi connectivity index (χ1n) is 9.38. The van der Waals surface area contributed by atoms with Gasteiger partial charge in [-0.25, -0.2) is 13.2 Å². The number of carbonyl (C=O) groups is 1. The summed E-state index contributed by atoms with van der Waals surface area (Å²) < 4.78 is 33.1. The van der Waals surface area contributed by atoms with Gasteiger partial charge in [-0.3, -0.25) is 14.4 Å². The highest BCUT2D eigenvalue weighted by atomic mass is 32.2. The van der Waals surface area contributed by atoms with Gasteiger partial charge in [-0.2, -0.15) is 0 Å². The van der Waals surface area contributed by atoms with E-state index in [0.29, 0.717) is 5.56 Å². The maximum absolute atomic E-state index is 13.5. The molecule has 3 aromatic carbocycles. The van der Waals surface area contributed by atoms with Crippen LogP contribution in [0.2, 0.25) is 0 Å². The Morgan fingerprint density at radius 3 is 2.34 bits per heavy atom. The van der Waals surface area contributed by atoms with E-state index in [1.165, 1.54) is 61.7 Å². The lowest BCUT2D eigenvalue weighted by Crippen LogP contribution is -2.32. The summed E-state index contributed by atoms with van der Waals surface area (Å²) in [6, 6.07) is 15.9. The lowest BCUT2D eigenvalue weighted by Gasteiger charge is -2.26. The van der Waals surface area contributed by atoms with Crippen molar-refractivity contribution >= 4 is 27.4 Å². The highest BCUT2D eigenvalue weighted by Crippen LogP contribution is 2.32. The van der Waals surface area contributed by atoms with E-state index in [0.717, 1.165) is 9.87 Å². The van der Waals surface area contributed by atoms with Gasteiger partial charge in [0.25, 0.3) is 10.0 Å². The molecule has 10 heteroatoms. The number of aromatic carboxylic acids is 1. The summed E-state index contributed by atoms with van der Waals surface area (Å²) in [6.45, 7) is 1.55. The number of nitro benzene ring substituents is 1. The van der Waals surface area contributed by atoms with Gasteiger partial charge in [0, 0.05) is 6.07 Å². The molecular weight excluding hydrogens is 436 g/mol. The number of carboxylic acid groups (broad SMARTS) is 1. The summed E-state index contributed by atoms with van der Waals surface area (Å²) in [4.78, 5) is 22.3. The zero-order chi connectivity index (χ0) is 23.5. The molecule has 0 aliphatic rings. The van der Waals surface area contributed by atoms with Gasteiger partial charge in [0.2, 0.25) is 0 Å². The Morgan fingerprint density at radius 2 is 1.75 bits per heavy atom. The molecular formula is C22H20N2O7S. The molecule has 0 fully saturated rings. The van der Waals surface area contributed by atoms with E-state index < -0.39 is 20.9 Å². The summed E-state index contributed by atoms with van der Waals surface area (Å²) in [5.74, 6) is -1.32. The molecule has 0 saturated heterocycles. The number of nitrogens with zero attached hydrogens (tertiary/aromatic N) is 2. The number of benzene rings is 3. The third-order valence-corrected chi connectivity index (χ3v) is 6.55. The monoisotopic (exact) mass is 456 g/mol. The molecule has 0 radical (unpaired) electrons. The van der Waals surface area contributed by atoms with Gasteiger partial charge in [-0.15, -0.1) is 0 Å². The standard InChI is InChI=1S/C22H20N2O7S/c1-15-7-10-17(11-8-15)32(29,30)23(19-6-4-3-5-18(19)22(25)26)14-16-9-12-20(24(27)28)21(13-16)31-2/h3-13H,14H2,1-2H3,(H,25,26). The third-order valence-electron chi connectivity index (χ3n) is 4.78. The summed E-state index contributed by atoms with van der Waals surface area (Å²) in [7, 11) is -2.91. The van der Waals surface area contributed by atoms with Gasteiger partial charge in [-0.1, -0.05) is 35.9 Å². The molecule has 1 N–H and O–H groups in total. The van der Waals surface area contributed by atoms with Crippen LogP contribution in [0.5, 0.6) is 5.75 Å². The van der Waals surface area contributed by atoms with Crippen LogP contribution in [-0.2, 0) is 16.6 Å². The fraction of sp³-hybridized carbons (Fsp3) is 0.136. The number of aryl methyl sites for hydroxylation is 1. The zero-order valence-corrected chi connectivity index (χ0v) is 18.1. The molecule has 0 amide bonds. The number of rotatable bonds is 8. The van der Waals surface area contributed by atoms with E-state index in [2.05, 4.69) is 0 Å². The van der Waals surface area contributed by atoms with Gasteiger partial charge in [0.05, 0.1) is 34.7 Å². The second-order valence-corrected chi connectivity index (χ2v) is 8.77. The van der Waals surface area contributed by atoms with Crippen molar-refractivity contribution in [2.45, 2.75) is 18.4 Å². The number of sulfonamides is 1. The molecule has 0 aliphatic carbocycles. The molecule has 0 aromatic heterocycles. The fourth-order valence-electron chi connectivity index (χ4n) is 3.15. The van der Waals surface area contributed by atoms with E-state index in [4.69, 9.17) is 4.74 Å². The predicted molar refractivity (Wildman–Crippen MR) is 118 cm³/mol. The maximum Gasteiger partial charge on any atom is 0.337 e. The number of hydrogen-bond acceptors (Lipinski definition) is 6. The first-order valence-corrected chi connectivity index (χ1v) is 10.8. The molecule has 0 bridgehead atoms. The number of para-hydroxylation sites is 1. The largest absolute Gasteiger partial charge is 0.490 e. The van der Waals surface area contributed by atoms with Crippen LogP contribution in [0.25, 0.3) is 0 Å². The summed E-state index contributed by atoms with van der Waals surface area (Å²) in [6.07, 6.45) is 0. The van der Waals surface area contributed by atoms with E-state index in [9.17, 15) is 28.4 Å². The minimum atomic E-state index is -4.18. The van der Waals surface area contributed by atoms with Gasteiger partial charge >= 0.3 is 11.7 Å². The molecule has 0 spiro atoms. The van der Waals surface area contributed by atoms with Crippen LogP contribution >= 0.6 is 0 Å². The molecule has 0 atom stereocenters. The highest BCUT2D eigenvalue weighted by molar-refractivity contribution is 7.92. The van der Waals surface area contributed by atoms with Crippen molar-refractivity contribution in [3.05, 3.63) is 93.5 Å². The van der Waals surface area contributed by atoms with Gasteiger partial charge in [-0.05, 0) is 42.8 Å². The molecule has 0 aliphatic heterocycles. The molecule has 9 nitrogen and oxygen atoms in total. The van der Waals surface area contributed by atoms with Crippen molar-refractivity contribution in [3.8, 4) is 5.75 Å². The van der Waals surface area contributed by atoms with Crippen molar-refractivity contribution in [1.82, 2.24) is 0 Å². The number of ether oxygens (including phenoxy) is 1. The van der Waals surface area contributed by atoms with Crippen molar-refractivity contribution in [2.75, 3.05) is 11.4 Å². The SMILES string of the molecule is COc1cc(CN(c2ccccc2C(=O)O)S(=O)(=O)c2ccc(C)cc2)ccc1[N+](=O)[O-]. The van der Waals surface area contributed by atoms with Crippen LogP contribution in [-0.4, -0.2) is 31.5 Å². The van der Waals surface area contributed by atoms with Crippen LogP contribution < -0.4 is 9.04 Å². The number of methoxy groups -OCH3 is 1. The van der Waals surface area contributed by atoms with Gasteiger partial charge < -0.3 is 9.84 Å². The molecule has 0 unspecified atom stereocenters. The number of hydrogen-bond donors (Lipinski definition) is 1. The minimum Gasteiger partial charge on any atom is -0.490 e. The first-order chi connectivity index (χ1) is 15.1. The van der Waals surface area contributed by atoms with E-state index in [1.807, 2.05) is 6.92 Å². The topological polar surface area (TPSA) is 127 Å². The Hall–Kier alpha value is -3.92. The van der Waals surface area contributed by atoms with Gasteiger partial charge in [0.15, 0.2) is 5.75 Å². The average Bonchev–Trinajstić information content (AvgIpc) is 2.77. The Balaban J connectivity index is 2.17. The summed E-state index contributed by atoms with van der Waals surface area (Å²) in [5, 5.41) is 20.8. The summed E-state index contributed by atoms with van der Waals surface area (Å²) >= 11 is 0. The van der Waals surface area contributed by atoms with Gasteiger partial charge in [0.1, 0.15) is 0 Å². The van der Waals surface area contributed by atoms with Crippen LogP contribution in [0, 0.1) is 17.0 Å². The number of nitro groups is 1. The Labute approximate surface area is 184 Å². The van der Waals surface area contributed by atoms with E-state index >= 15 is 0 Å². The fourth-order valence-corrected chi connectivity index (χ4v) is 4.62. The minimum absolute atomic E-state index is 0.0165. The van der Waals surface area contributed by atoms with E-state index in [-0.39, 0.29) is 34.1 Å². The lowest BCUT2D eigenvalue weighted by molar-refractivity contribution is -0.385. The Bertz CT molecular complexity index is 1270. The molecule has 0 heterocycles. The third kappa shape index (κ3) is 4.54. The lowest BCUT2D eigenvalue weighted by atomic mass is 10.1. The molecule has 3 rings (SSSR count). The quantitative estimate of drug-likeness (QED) is 0.401. The first kappa shape index (κ1) is 22.8. The van der Waals surface area contributed by atoms with Crippen molar-refractivity contribution in [3.63, 3.8) is 0 Å². The highest BCUT2D eigenvalue weighted by Gasteiger charge is 2.29. The van der Waals surface area contributed by atoms with Crippen molar-refractivity contribution < 1.29 is 28.0 Å². The van der Waals surface area contributed by atoms with Crippen LogP contribution in [0.3, 0.4) is 0 Å². The predicted octanol–water partition coefficient (Wildman–Crippen LogP) is 4.01. The molecule has 32 heavy (non-hydrogen) atoms. The zero-order valence-electron chi connectivity index (χ0n) is 17.3. The molecule has 166 valence electrons. The number of carboxylic acids is 1. The maximum atomic E-state index is 13.5. The average molecular weight is 456 g/mol. The van der Waals surface area contributed by atoms with Crippen LogP contribution in [0.4, 0.5) is 11.4 Å². The summed E-state index contributed by atoms with van der Waals surface area (Å²) in [5.41, 5.74) is 0.745. The Morgan fingerprint density at radius 1 is 1.09 bits per heavy atom. The van der Waals surface area contributed by atoms with Crippen molar-refractivity contribution in [2.24, 2.45) is 0 Å². The molecule has 3 aromatic rings. The smallest absolute Gasteiger partial charge is 0.337 e. The molecule has 0 saturated carbocycles. The normalized spacial score (nSPS) is 11.1. The van der Waals surface area contributed by atoms with Crippen LogP contribution in [0.15, 0.2) is 71.6 Å². The van der Waals surface area contributed by atoms with Crippen molar-refractivity contribution in [1.29, 1.82) is 0 Å². The second-order valence-electron chi connectivity index (χ2n) is 6.91. The van der Waals surface area contributed by atoms with E-state index in [1.54, 1.807) is 12.1 Å².